The number of carbonyl (C=O) groups excluding carboxylic acids is 2. The number of hydrogen-bond donors (Lipinski definition) is 2. The van der Waals surface area contributed by atoms with Gasteiger partial charge in [-0.15, -0.1) is 0 Å². The Morgan fingerprint density at radius 2 is 2.00 bits per heavy atom. The number of benzene rings is 1. The molecule has 120 valence electrons. The maximum atomic E-state index is 12.2. The van der Waals surface area contributed by atoms with Crippen molar-refractivity contribution >= 4 is 17.5 Å². The van der Waals surface area contributed by atoms with E-state index >= 15 is 0 Å². The number of aryl methyl sites for hydroxylation is 1. The lowest BCUT2D eigenvalue weighted by Gasteiger charge is -2.07. The zero-order valence-electron chi connectivity index (χ0n) is 13.1. The number of anilines is 1. The average Bonchev–Trinajstić information content (AvgIpc) is 2.55. The fraction of sp³-hybridized carbons (Fsp3) is 0.235. The molecule has 0 atom stereocenters. The van der Waals surface area contributed by atoms with Gasteiger partial charge in [-0.25, -0.2) is 0 Å². The Labute approximate surface area is 134 Å². The molecule has 2 rings (SSSR count). The average molecular weight is 313 g/mol. The number of nitrogens with zero attached hydrogens (tertiary/aromatic N) is 1. The van der Waals surface area contributed by atoms with Gasteiger partial charge in [0, 0.05) is 31.1 Å². The fourth-order valence-electron chi connectivity index (χ4n) is 1.98. The molecule has 1 aromatic carbocycles. The topological polar surface area (TPSA) is 80.3 Å². The van der Waals surface area contributed by atoms with Crippen LogP contribution in [-0.2, 0) is 4.74 Å². The highest BCUT2D eigenvalue weighted by atomic mass is 16.5. The minimum Gasteiger partial charge on any atom is -0.383 e. The van der Waals surface area contributed by atoms with Gasteiger partial charge >= 0.3 is 0 Å². The summed E-state index contributed by atoms with van der Waals surface area (Å²) in [6.07, 6.45) is 1.44. The SMILES string of the molecule is COCCNC(=O)c1ccnc(C(=O)Nc2cccc(C)c2)c1. The molecule has 6 heteroatoms. The molecule has 0 saturated carbocycles. The van der Waals surface area contributed by atoms with Gasteiger partial charge in [-0.3, -0.25) is 14.6 Å². The summed E-state index contributed by atoms with van der Waals surface area (Å²) in [6, 6.07) is 10.5. The highest BCUT2D eigenvalue weighted by Crippen LogP contribution is 2.11. The Morgan fingerprint density at radius 3 is 2.74 bits per heavy atom. The van der Waals surface area contributed by atoms with Gasteiger partial charge in [0.25, 0.3) is 11.8 Å². The van der Waals surface area contributed by atoms with Gasteiger partial charge in [0.05, 0.1) is 6.61 Å². The summed E-state index contributed by atoms with van der Waals surface area (Å²) in [7, 11) is 1.56. The van der Waals surface area contributed by atoms with Crippen molar-refractivity contribution in [2.45, 2.75) is 6.92 Å². The van der Waals surface area contributed by atoms with Crippen LogP contribution in [0.3, 0.4) is 0 Å². The van der Waals surface area contributed by atoms with Crippen LogP contribution in [0, 0.1) is 6.92 Å². The quantitative estimate of drug-likeness (QED) is 0.800. The van der Waals surface area contributed by atoms with E-state index in [0.29, 0.717) is 24.4 Å². The predicted molar refractivity (Wildman–Crippen MR) is 87.6 cm³/mol. The van der Waals surface area contributed by atoms with Crippen LogP contribution in [0.25, 0.3) is 0 Å². The third-order valence-corrected chi connectivity index (χ3v) is 3.12. The molecule has 0 aliphatic carbocycles. The van der Waals surface area contributed by atoms with E-state index in [9.17, 15) is 9.59 Å². The van der Waals surface area contributed by atoms with Crippen LogP contribution in [0.5, 0.6) is 0 Å². The van der Waals surface area contributed by atoms with Crippen LogP contribution < -0.4 is 10.6 Å². The van der Waals surface area contributed by atoms with Gasteiger partial charge in [-0.05, 0) is 36.8 Å². The summed E-state index contributed by atoms with van der Waals surface area (Å²) in [5.74, 6) is -0.629. The Morgan fingerprint density at radius 1 is 1.17 bits per heavy atom. The van der Waals surface area contributed by atoms with E-state index in [1.54, 1.807) is 19.2 Å². The summed E-state index contributed by atoms with van der Waals surface area (Å²) >= 11 is 0. The van der Waals surface area contributed by atoms with E-state index in [4.69, 9.17) is 4.74 Å². The smallest absolute Gasteiger partial charge is 0.274 e. The fourth-order valence-corrected chi connectivity index (χ4v) is 1.98. The third-order valence-electron chi connectivity index (χ3n) is 3.12. The van der Waals surface area contributed by atoms with Gasteiger partial charge in [0.15, 0.2) is 0 Å². The monoisotopic (exact) mass is 313 g/mol. The molecular formula is C17H19N3O3. The van der Waals surface area contributed by atoms with Gasteiger partial charge in [0.1, 0.15) is 5.69 Å². The van der Waals surface area contributed by atoms with Crippen molar-refractivity contribution in [3.05, 3.63) is 59.4 Å². The standard InChI is InChI=1S/C17H19N3O3/c1-12-4-3-5-14(10-12)20-17(22)15-11-13(6-7-18-15)16(21)19-8-9-23-2/h3-7,10-11H,8-9H2,1-2H3,(H,19,21)(H,20,22). The summed E-state index contributed by atoms with van der Waals surface area (Å²) in [4.78, 5) is 28.2. The van der Waals surface area contributed by atoms with Crippen molar-refractivity contribution in [2.75, 3.05) is 25.6 Å². The van der Waals surface area contributed by atoms with E-state index in [1.165, 1.54) is 12.3 Å². The molecule has 0 unspecified atom stereocenters. The first kappa shape index (κ1) is 16.6. The van der Waals surface area contributed by atoms with Crippen LogP contribution in [0.15, 0.2) is 42.6 Å². The normalized spacial score (nSPS) is 10.2. The second-order valence-electron chi connectivity index (χ2n) is 5.00. The van der Waals surface area contributed by atoms with Crippen molar-refractivity contribution in [3.8, 4) is 0 Å². The number of carbonyl (C=O) groups is 2. The van der Waals surface area contributed by atoms with Crippen LogP contribution in [-0.4, -0.2) is 37.1 Å². The zero-order chi connectivity index (χ0) is 16.7. The molecule has 0 radical (unpaired) electrons. The van der Waals surface area contributed by atoms with Gasteiger partial charge < -0.3 is 15.4 Å². The first-order chi connectivity index (χ1) is 11.1. The van der Waals surface area contributed by atoms with Gasteiger partial charge in [-0.1, -0.05) is 12.1 Å². The lowest BCUT2D eigenvalue weighted by Crippen LogP contribution is -2.27. The molecule has 0 aliphatic rings. The molecule has 0 spiro atoms. The second-order valence-corrected chi connectivity index (χ2v) is 5.00. The Kier molecular flexibility index (Phi) is 5.82. The largest absolute Gasteiger partial charge is 0.383 e. The van der Waals surface area contributed by atoms with Gasteiger partial charge in [-0.2, -0.15) is 0 Å². The van der Waals surface area contributed by atoms with Crippen molar-refractivity contribution in [1.82, 2.24) is 10.3 Å². The number of ether oxygens (including phenoxy) is 1. The minimum atomic E-state index is -0.359. The highest BCUT2D eigenvalue weighted by molar-refractivity contribution is 6.04. The number of pyridine rings is 1. The molecule has 2 N–H and O–H groups in total. The number of nitrogens with one attached hydrogen (secondary N) is 2. The second kappa shape index (κ2) is 8.05. The van der Waals surface area contributed by atoms with Crippen LogP contribution in [0.1, 0.15) is 26.4 Å². The molecule has 0 fully saturated rings. The lowest BCUT2D eigenvalue weighted by atomic mass is 10.2. The zero-order valence-corrected chi connectivity index (χ0v) is 13.1. The van der Waals surface area contributed by atoms with E-state index in [1.807, 2.05) is 25.1 Å². The maximum absolute atomic E-state index is 12.2. The van der Waals surface area contributed by atoms with Gasteiger partial charge in [0.2, 0.25) is 0 Å². The molecular weight excluding hydrogens is 294 g/mol. The number of methoxy groups -OCH3 is 1. The van der Waals surface area contributed by atoms with E-state index < -0.39 is 0 Å². The molecule has 0 saturated heterocycles. The molecule has 1 heterocycles. The molecule has 2 aromatic rings. The first-order valence-electron chi connectivity index (χ1n) is 7.21. The summed E-state index contributed by atoms with van der Waals surface area (Å²) < 4.78 is 4.87. The summed E-state index contributed by atoms with van der Waals surface area (Å²) in [6.45, 7) is 2.78. The highest BCUT2D eigenvalue weighted by Gasteiger charge is 2.12. The first-order valence-corrected chi connectivity index (χ1v) is 7.21. The van der Waals surface area contributed by atoms with E-state index in [-0.39, 0.29) is 17.5 Å². The molecule has 23 heavy (non-hydrogen) atoms. The van der Waals surface area contributed by atoms with E-state index in [2.05, 4.69) is 15.6 Å². The number of rotatable bonds is 6. The Bertz CT molecular complexity index is 701. The van der Waals surface area contributed by atoms with Crippen molar-refractivity contribution in [2.24, 2.45) is 0 Å². The van der Waals surface area contributed by atoms with Crippen LogP contribution in [0.4, 0.5) is 5.69 Å². The van der Waals surface area contributed by atoms with Crippen molar-refractivity contribution < 1.29 is 14.3 Å². The number of aromatic nitrogens is 1. The minimum absolute atomic E-state index is 0.186. The number of hydrogen-bond acceptors (Lipinski definition) is 4. The van der Waals surface area contributed by atoms with Crippen molar-refractivity contribution in [1.29, 1.82) is 0 Å². The summed E-state index contributed by atoms with van der Waals surface area (Å²) in [5, 5.41) is 5.46. The van der Waals surface area contributed by atoms with Crippen LogP contribution in [0.2, 0.25) is 0 Å². The van der Waals surface area contributed by atoms with Crippen molar-refractivity contribution in [3.63, 3.8) is 0 Å². The number of amides is 2. The molecule has 1 aromatic heterocycles. The van der Waals surface area contributed by atoms with Crippen LogP contribution >= 0.6 is 0 Å². The summed E-state index contributed by atoms with van der Waals surface area (Å²) in [5.41, 5.74) is 2.30. The molecule has 0 bridgehead atoms. The maximum Gasteiger partial charge on any atom is 0.274 e. The lowest BCUT2D eigenvalue weighted by molar-refractivity contribution is 0.0937. The third kappa shape index (κ3) is 4.89. The Balaban J connectivity index is 2.06. The predicted octanol–water partition coefficient (Wildman–Crippen LogP) is 2.02. The Hall–Kier alpha value is -2.73. The molecule has 6 nitrogen and oxygen atoms in total. The molecule has 2 amide bonds. The molecule has 0 aliphatic heterocycles. The van der Waals surface area contributed by atoms with E-state index in [0.717, 1.165) is 5.56 Å².